The quantitative estimate of drug-likeness (QED) is 0.712. The Kier molecular flexibility index (Phi) is 3.35. The van der Waals surface area contributed by atoms with Crippen LogP contribution in [0, 0.1) is 11.6 Å². The number of benzene rings is 1. The predicted octanol–water partition coefficient (Wildman–Crippen LogP) is 1.16. The van der Waals surface area contributed by atoms with E-state index in [4.69, 9.17) is 5.73 Å². The maximum absolute atomic E-state index is 15.2. The highest BCUT2D eigenvalue weighted by Crippen LogP contribution is 2.33. The lowest BCUT2D eigenvalue weighted by molar-refractivity contribution is 0.0697. The van der Waals surface area contributed by atoms with Crippen LogP contribution in [0.15, 0.2) is 10.9 Å². The van der Waals surface area contributed by atoms with Gasteiger partial charge in [0.05, 0.1) is 15.6 Å². The van der Waals surface area contributed by atoms with E-state index in [2.05, 4.69) is 6.58 Å². The first-order valence-corrected chi connectivity index (χ1v) is 8.34. The third-order valence-electron chi connectivity index (χ3n) is 4.50. The molecule has 4 rings (SSSR count). The minimum absolute atomic E-state index is 0.101. The molecule has 0 spiro atoms. The van der Waals surface area contributed by atoms with E-state index >= 15 is 4.39 Å². The van der Waals surface area contributed by atoms with Crippen LogP contribution in [0.4, 0.5) is 14.5 Å². The second-order valence-corrected chi connectivity index (χ2v) is 7.12. The highest BCUT2D eigenvalue weighted by atomic mass is 32.1. The van der Waals surface area contributed by atoms with Crippen molar-refractivity contribution in [3.05, 3.63) is 38.2 Å². The van der Waals surface area contributed by atoms with Gasteiger partial charge in [0, 0.05) is 19.1 Å². The van der Waals surface area contributed by atoms with Gasteiger partial charge in [0.2, 0.25) is 5.43 Å². The van der Waals surface area contributed by atoms with Crippen LogP contribution >= 0.6 is 11.3 Å². The van der Waals surface area contributed by atoms with Crippen LogP contribution in [-0.4, -0.2) is 34.6 Å². The Hall–Kier alpha value is -2.52. The van der Waals surface area contributed by atoms with Gasteiger partial charge in [0.15, 0.2) is 5.82 Å². The first kappa shape index (κ1) is 16.0. The summed E-state index contributed by atoms with van der Waals surface area (Å²) in [5.74, 6) is -3.25. The van der Waals surface area contributed by atoms with Crippen molar-refractivity contribution in [1.29, 1.82) is 0 Å². The summed E-state index contributed by atoms with van der Waals surface area (Å²) in [4.78, 5) is 25.5. The first-order chi connectivity index (χ1) is 11.8. The van der Waals surface area contributed by atoms with Gasteiger partial charge in [0.1, 0.15) is 21.9 Å². The molecule has 25 heavy (non-hydrogen) atoms. The second-order valence-electron chi connectivity index (χ2n) is 6.06. The molecule has 1 atom stereocenters. The van der Waals surface area contributed by atoms with Gasteiger partial charge in [-0.25, -0.2) is 13.6 Å². The lowest BCUT2D eigenvalue weighted by atomic mass is 10.1. The van der Waals surface area contributed by atoms with E-state index in [0.29, 0.717) is 24.2 Å². The topological polar surface area (TPSA) is 88.0 Å². The summed E-state index contributed by atoms with van der Waals surface area (Å²) in [6.07, 6.45) is 0.607. The highest BCUT2D eigenvalue weighted by Gasteiger charge is 2.30. The highest BCUT2D eigenvalue weighted by molar-refractivity contribution is 7.17. The summed E-state index contributed by atoms with van der Waals surface area (Å²) < 4.78 is 31.4. The summed E-state index contributed by atoms with van der Waals surface area (Å²) in [5.41, 5.74) is 4.01. The number of carbonyl (C=O) groups is 1. The number of nitrogens with two attached hydrogens (primary N) is 1. The van der Waals surface area contributed by atoms with Gasteiger partial charge in [-0.3, -0.25) is 9.20 Å². The molecule has 1 aliphatic rings. The summed E-state index contributed by atoms with van der Waals surface area (Å²) in [6, 6.07) is 0.718. The summed E-state index contributed by atoms with van der Waals surface area (Å²) in [7, 11) is 0. The minimum atomic E-state index is -1.44. The Bertz CT molecular complexity index is 1150. The molecule has 2 aromatic heterocycles. The number of anilines is 1. The van der Waals surface area contributed by atoms with E-state index < -0.39 is 28.6 Å². The zero-order chi connectivity index (χ0) is 18.0. The first-order valence-electron chi connectivity index (χ1n) is 7.53. The molecule has 6 nitrogen and oxygen atoms in total. The fraction of sp³-hybridized carbons (Fsp3) is 0.250. The predicted molar refractivity (Wildman–Crippen MR) is 91.5 cm³/mol. The van der Waals surface area contributed by atoms with Gasteiger partial charge in [-0.05, 0) is 12.5 Å². The van der Waals surface area contributed by atoms with Crippen LogP contribution in [-0.2, 0) is 0 Å². The number of hydrogen-bond acceptors (Lipinski definition) is 5. The molecule has 3 N–H and O–H groups in total. The molecule has 1 aromatic carbocycles. The molecule has 1 fully saturated rings. The number of nitrogens with zero attached hydrogens (tertiary/aromatic N) is 2. The number of hydrogen-bond donors (Lipinski definition) is 2. The second kappa shape index (κ2) is 5.24. The molecule has 130 valence electrons. The van der Waals surface area contributed by atoms with Crippen molar-refractivity contribution in [3.8, 4) is 0 Å². The van der Waals surface area contributed by atoms with Crippen LogP contribution < -0.4 is 20.7 Å². The number of carboxylic acid groups (broad SMARTS) is 1. The summed E-state index contributed by atoms with van der Waals surface area (Å²) in [5, 5.41) is 8.96. The van der Waals surface area contributed by atoms with Crippen molar-refractivity contribution in [3.63, 3.8) is 0 Å². The molecule has 3 aromatic rings. The Balaban J connectivity index is 2.13. The number of pyridine rings is 1. The van der Waals surface area contributed by atoms with Crippen LogP contribution in [0.1, 0.15) is 16.8 Å². The standard InChI is InChI=1S/C16H13F2N3O3S/c1-6-21-12-8(14(22)10(16(23)24)15(21)25-6)4-9(17)13(11(12)18)20-3-2-7(19)5-20/h4,7H,1-3,5,19H2,(H,23,24). The zero-order valence-corrected chi connectivity index (χ0v) is 13.7. The number of aromatic nitrogens is 1. The lowest BCUT2D eigenvalue weighted by Crippen LogP contribution is -2.29. The van der Waals surface area contributed by atoms with E-state index in [1.165, 1.54) is 9.30 Å². The molecule has 0 radical (unpaired) electrons. The van der Waals surface area contributed by atoms with Crippen molar-refractivity contribution in [2.24, 2.45) is 5.73 Å². The SMILES string of the molecule is C=c1sc2c(C(=O)O)c(=O)c3cc(F)c(N4CCC(N)C4)c(F)c3n12. The van der Waals surface area contributed by atoms with Crippen molar-refractivity contribution < 1.29 is 18.7 Å². The van der Waals surface area contributed by atoms with E-state index in [1.54, 1.807) is 0 Å². The number of carboxylic acids is 1. The average Bonchev–Trinajstić information content (AvgIpc) is 2.94. The molecule has 1 unspecified atom stereocenters. The number of fused-ring (bicyclic) bond motifs is 3. The van der Waals surface area contributed by atoms with Crippen LogP contribution in [0.3, 0.4) is 0 Å². The minimum Gasteiger partial charge on any atom is -0.477 e. The van der Waals surface area contributed by atoms with Crippen molar-refractivity contribution in [2.75, 3.05) is 18.0 Å². The molecule has 3 heterocycles. The smallest absolute Gasteiger partial charge is 0.342 e. The van der Waals surface area contributed by atoms with Crippen LogP contribution in [0.25, 0.3) is 22.3 Å². The van der Waals surface area contributed by atoms with Crippen molar-refractivity contribution >= 4 is 45.3 Å². The van der Waals surface area contributed by atoms with E-state index in [0.717, 1.165) is 17.4 Å². The van der Waals surface area contributed by atoms with Gasteiger partial charge < -0.3 is 15.7 Å². The fourth-order valence-electron chi connectivity index (χ4n) is 3.36. The van der Waals surface area contributed by atoms with Gasteiger partial charge in [0.25, 0.3) is 0 Å². The molecular formula is C16H13F2N3O3S. The molecule has 1 aliphatic heterocycles. The van der Waals surface area contributed by atoms with Crippen molar-refractivity contribution in [1.82, 2.24) is 4.40 Å². The molecule has 0 aliphatic carbocycles. The largest absolute Gasteiger partial charge is 0.477 e. The third-order valence-corrected chi connectivity index (χ3v) is 5.50. The number of aromatic carboxylic acids is 1. The van der Waals surface area contributed by atoms with Crippen molar-refractivity contribution in [2.45, 2.75) is 12.5 Å². The summed E-state index contributed by atoms with van der Waals surface area (Å²) >= 11 is 0.983. The normalized spacial score (nSPS) is 17.9. The maximum atomic E-state index is 15.2. The summed E-state index contributed by atoms with van der Waals surface area (Å²) in [6.45, 7) is 4.43. The van der Waals surface area contributed by atoms with Crippen LogP contribution in [0.5, 0.6) is 0 Å². The van der Waals surface area contributed by atoms with Gasteiger partial charge in [-0.2, -0.15) is 0 Å². The van der Waals surface area contributed by atoms with E-state index in [9.17, 15) is 19.1 Å². The Morgan fingerprint density at radius 1 is 1.44 bits per heavy atom. The lowest BCUT2D eigenvalue weighted by Gasteiger charge is -2.22. The van der Waals surface area contributed by atoms with Gasteiger partial charge >= 0.3 is 5.97 Å². The molecule has 9 heteroatoms. The number of rotatable bonds is 2. The fourth-order valence-corrected chi connectivity index (χ4v) is 4.30. The zero-order valence-electron chi connectivity index (χ0n) is 12.9. The molecule has 0 amide bonds. The molecule has 1 saturated heterocycles. The average molecular weight is 365 g/mol. The monoisotopic (exact) mass is 365 g/mol. The Morgan fingerprint density at radius 2 is 2.16 bits per heavy atom. The molecule has 0 saturated carbocycles. The van der Waals surface area contributed by atoms with E-state index in [-0.39, 0.29) is 27.5 Å². The van der Waals surface area contributed by atoms with E-state index in [1.807, 2.05) is 0 Å². The Labute approximate surface area is 143 Å². The van der Waals surface area contributed by atoms with Crippen LogP contribution in [0.2, 0.25) is 0 Å². The maximum Gasteiger partial charge on any atom is 0.342 e. The molecule has 0 bridgehead atoms. The Morgan fingerprint density at radius 3 is 2.72 bits per heavy atom. The van der Waals surface area contributed by atoms with Gasteiger partial charge in [-0.1, -0.05) is 17.9 Å². The molecular weight excluding hydrogens is 352 g/mol. The third kappa shape index (κ3) is 2.09. The van der Waals surface area contributed by atoms with Gasteiger partial charge in [-0.15, -0.1) is 0 Å². The number of halogens is 2.